The third kappa shape index (κ3) is 1.75. The van der Waals surface area contributed by atoms with Crippen molar-refractivity contribution < 1.29 is 4.79 Å². The van der Waals surface area contributed by atoms with Crippen LogP contribution in [0.1, 0.15) is 28.5 Å². The van der Waals surface area contributed by atoms with Gasteiger partial charge in [-0.05, 0) is 18.4 Å². The molecule has 0 aliphatic heterocycles. The van der Waals surface area contributed by atoms with Crippen molar-refractivity contribution >= 4 is 5.91 Å². The average Bonchev–Trinajstić information content (AvgIpc) is 2.79. The molecule has 3 rings (SSSR count). The van der Waals surface area contributed by atoms with Gasteiger partial charge in [-0.3, -0.25) is 4.79 Å². The number of rotatable bonds is 1. The number of carbonyl (C=O) groups is 1. The van der Waals surface area contributed by atoms with E-state index < -0.39 is 0 Å². The minimum atomic E-state index is -0.142. The number of hydrogen-bond donors (Lipinski definition) is 0. The minimum Gasteiger partial charge on any atom is -0.273 e. The lowest BCUT2D eigenvalue weighted by molar-refractivity contribution is 0.0918. The predicted molar refractivity (Wildman–Crippen MR) is 70.7 cm³/mol. The lowest BCUT2D eigenvalue weighted by atomic mass is 9.89. The van der Waals surface area contributed by atoms with Crippen molar-refractivity contribution in [2.75, 3.05) is 0 Å². The van der Waals surface area contributed by atoms with E-state index in [0.717, 1.165) is 35.4 Å². The molecule has 0 N–H and O–H groups in total. The van der Waals surface area contributed by atoms with E-state index in [1.807, 2.05) is 18.2 Å². The summed E-state index contributed by atoms with van der Waals surface area (Å²) in [7, 11) is 0. The van der Waals surface area contributed by atoms with E-state index in [9.17, 15) is 4.79 Å². The van der Waals surface area contributed by atoms with Gasteiger partial charge >= 0.3 is 0 Å². The Morgan fingerprint density at radius 3 is 2.95 bits per heavy atom. The van der Waals surface area contributed by atoms with Gasteiger partial charge in [-0.2, -0.15) is 10.4 Å². The van der Waals surface area contributed by atoms with Gasteiger partial charge in [0, 0.05) is 18.1 Å². The van der Waals surface area contributed by atoms with Crippen LogP contribution in [-0.2, 0) is 19.3 Å². The van der Waals surface area contributed by atoms with Gasteiger partial charge in [0.25, 0.3) is 0 Å². The first-order valence-corrected chi connectivity index (χ1v) is 6.29. The van der Waals surface area contributed by atoms with E-state index in [1.165, 1.54) is 17.2 Å². The van der Waals surface area contributed by atoms with E-state index in [-0.39, 0.29) is 12.3 Å². The van der Waals surface area contributed by atoms with Gasteiger partial charge in [-0.25, -0.2) is 4.68 Å². The fourth-order valence-electron chi connectivity index (χ4n) is 2.71. The Bertz CT molecular complexity index is 707. The molecular formula is C15H13N3O. The zero-order chi connectivity index (χ0) is 13.4. The van der Waals surface area contributed by atoms with E-state index in [0.29, 0.717) is 0 Å². The van der Waals surface area contributed by atoms with Crippen molar-refractivity contribution in [1.29, 1.82) is 5.26 Å². The first kappa shape index (κ1) is 11.7. The maximum Gasteiger partial charge on any atom is 0.244 e. The molecule has 1 aromatic carbocycles. The summed E-state index contributed by atoms with van der Waals surface area (Å²) in [6, 6.07) is 10.2. The summed E-state index contributed by atoms with van der Waals surface area (Å²) >= 11 is 0. The fourth-order valence-corrected chi connectivity index (χ4v) is 2.71. The van der Waals surface area contributed by atoms with Crippen LogP contribution in [0.15, 0.2) is 24.3 Å². The Morgan fingerprint density at radius 1 is 1.42 bits per heavy atom. The van der Waals surface area contributed by atoms with Gasteiger partial charge in [0.05, 0.1) is 23.9 Å². The second-order valence-electron chi connectivity index (χ2n) is 4.70. The molecule has 0 bridgehead atoms. The number of hydrogen-bond acceptors (Lipinski definition) is 3. The van der Waals surface area contributed by atoms with Gasteiger partial charge in [0.1, 0.15) is 0 Å². The standard InChI is InChI=1S/C15H13N3O/c1-10(19)18-14(8-9-16)13-7-6-11-4-2-3-5-12(11)15(13)17-18/h2-5H,6-8H2,1H3. The molecule has 1 aliphatic carbocycles. The van der Waals surface area contributed by atoms with Crippen LogP contribution >= 0.6 is 0 Å². The van der Waals surface area contributed by atoms with Gasteiger partial charge < -0.3 is 0 Å². The molecular weight excluding hydrogens is 238 g/mol. The summed E-state index contributed by atoms with van der Waals surface area (Å²) in [6.07, 6.45) is 2.01. The molecule has 0 saturated carbocycles. The summed E-state index contributed by atoms with van der Waals surface area (Å²) in [5.41, 5.74) is 5.01. The van der Waals surface area contributed by atoms with Gasteiger partial charge in [-0.15, -0.1) is 0 Å². The molecule has 0 fully saturated rings. The van der Waals surface area contributed by atoms with Crippen LogP contribution in [0.3, 0.4) is 0 Å². The fraction of sp³-hybridized carbons (Fsp3) is 0.267. The minimum absolute atomic E-state index is 0.142. The summed E-state index contributed by atoms with van der Waals surface area (Å²) in [5.74, 6) is -0.142. The second kappa shape index (κ2) is 4.36. The molecule has 0 unspecified atom stereocenters. The van der Waals surface area contributed by atoms with Crippen LogP contribution in [0, 0.1) is 11.3 Å². The van der Waals surface area contributed by atoms with E-state index in [2.05, 4.69) is 17.2 Å². The average molecular weight is 251 g/mol. The molecule has 19 heavy (non-hydrogen) atoms. The van der Waals surface area contributed by atoms with E-state index in [1.54, 1.807) is 0 Å². The molecule has 0 saturated heterocycles. The maximum absolute atomic E-state index is 11.7. The number of aromatic nitrogens is 2. The van der Waals surface area contributed by atoms with Crippen molar-refractivity contribution in [3.63, 3.8) is 0 Å². The Kier molecular flexibility index (Phi) is 2.68. The third-order valence-corrected chi connectivity index (χ3v) is 3.55. The van der Waals surface area contributed by atoms with Gasteiger partial charge in [0.2, 0.25) is 5.91 Å². The first-order valence-electron chi connectivity index (χ1n) is 6.29. The number of fused-ring (bicyclic) bond motifs is 3. The van der Waals surface area contributed by atoms with E-state index in [4.69, 9.17) is 5.26 Å². The Labute approximate surface area is 111 Å². The molecule has 2 aromatic rings. The molecule has 1 heterocycles. The Hall–Kier alpha value is -2.41. The summed E-state index contributed by atoms with van der Waals surface area (Å²) in [5, 5.41) is 13.4. The normalized spacial score (nSPS) is 12.4. The van der Waals surface area contributed by atoms with Gasteiger partial charge in [-0.1, -0.05) is 24.3 Å². The lowest BCUT2D eigenvalue weighted by Crippen LogP contribution is -2.12. The van der Waals surface area contributed by atoms with Crippen molar-refractivity contribution in [1.82, 2.24) is 9.78 Å². The third-order valence-electron chi connectivity index (χ3n) is 3.55. The van der Waals surface area contributed by atoms with Crippen LogP contribution in [-0.4, -0.2) is 15.7 Å². The van der Waals surface area contributed by atoms with Crippen LogP contribution < -0.4 is 0 Å². The van der Waals surface area contributed by atoms with Crippen molar-refractivity contribution in [3.8, 4) is 17.3 Å². The number of carbonyl (C=O) groups excluding carboxylic acids is 1. The number of nitrogens with zero attached hydrogens (tertiary/aromatic N) is 3. The summed E-state index contributed by atoms with van der Waals surface area (Å²) < 4.78 is 1.38. The zero-order valence-electron chi connectivity index (χ0n) is 10.7. The summed E-state index contributed by atoms with van der Waals surface area (Å²) in [4.78, 5) is 11.7. The number of aryl methyl sites for hydroxylation is 1. The molecule has 1 aromatic heterocycles. The van der Waals surface area contributed by atoms with E-state index >= 15 is 0 Å². The maximum atomic E-state index is 11.7. The molecule has 0 atom stereocenters. The molecule has 4 heteroatoms. The van der Waals surface area contributed by atoms with Crippen LogP contribution in [0.4, 0.5) is 0 Å². The number of nitriles is 1. The Morgan fingerprint density at radius 2 is 2.21 bits per heavy atom. The SMILES string of the molecule is CC(=O)n1nc2c(c1CC#N)CCc1ccccc1-2. The van der Waals surface area contributed by atoms with Crippen molar-refractivity contribution in [3.05, 3.63) is 41.1 Å². The highest BCUT2D eigenvalue weighted by atomic mass is 16.2. The zero-order valence-corrected chi connectivity index (χ0v) is 10.7. The molecule has 0 radical (unpaired) electrons. The molecule has 0 amide bonds. The highest BCUT2D eigenvalue weighted by molar-refractivity contribution is 5.80. The molecule has 1 aliphatic rings. The predicted octanol–water partition coefficient (Wildman–Crippen LogP) is 2.37. The van der Waals surface area contributed by atoms with Crippen LogP contribution in [0.25, 0.3) is 11.3 Å². The van der Waals surface area contributed by atoms with Crippen LogP contribution in [0.2, 0.25) is 0 Å². The molecule has 94 valence electrons. The van der Waals surface area contributed by atoms with Crippen LogP contribution in [0.5, 0.6) is 0 Å². The Balaban J connectivity index is 2.25. The largest absolute Gasteiger partial charge is 0.273 e. The summed E-state index contributed by atoms with van der Waals surface area (Å²) in [6.45, 7) is 1.48. The van der Waals surface area contributed by atoms with Crippen molar-refractivity contribution in [2.24, 2.45) is 0 Å². The number of benzene rings is 1. The monoisotopic (exact) mass is 251 g/mol. The topological polar surface area (TPSA) is 58.7 Å². The second-order valence-corrected chi connectivity index (χ2v) is 4.70. The lowest BCUT2D eigenvalue weighted by Gasteiger charge is -2.15. The quantitative estimate of drug-likeness (QED) is 0.781. The highest BCUT2D eigenvalue weighted by Gasteiger charge is 2.25. The molecule has 0 spiro atoms. The highest BCUT2D eigenvalue weighted by Crippen LogP contribution is 2.34. The van der Waals surface area contributed by atoms with Gasteiger partial charge in [0.15, 0.2) is 0 Å². The smallest absolute Gasteiger partial charge is 0.244 e. The van der Waals surface area contributed by atoms with Crippen molar-refractivity contribution in [2.45, 2.75) is 26.2 Å². The molecule has 4 nitrogen and oxygen atoms in total. The first-order chi connectivity index (χ1) is 9.22.